The highest BCUT2D eigenvalue weighted by Gasteiger charge is 2.12. The van der Waals surface area contributed by atoms with Crippen LogP contribution in [0.15, 0.2) is 131 Å². The van der Waals surface area contributed by atoms with Crippen molar-refractivity contribution in [1.82, 2.24) is 0 Å². The van der Waals surface area contributed by atoms with Gasteiger partial charge in [-0.3, -0.25) is 0 Å². The fraction of sp³-hybridized carbons (Fsp3) is 0.0385. The Balaban J connectivity index is 0.000000217. The number of isothiocyanates is 2. The van der Waals surface area contributed by atoms with Gasteiger partial charge in [0.15, 0.2) is 11.6 Å². The third-order valence-electron chi connectivity index (χ3n) is 8.01. The SMILES string of the molecule is C#CC#CC#CC#CC#C.Cc1cc(F)c(C#Cc2ccc(-c3ccc(N=C=S)cc3)cc2)c(F)c1.Cc1ccc(-c2ccc(-c3cc(F)c(N=C=S)c(F)c3)cc2)cc1. The van der Waals surface area contributed by atoms with E-state index in [1.807, 2.05) is 109 Å². The second-order valence-corrected chi connectivity index (χ2v) is 12.5. The van der Waals surface area contributed by atoms with Crippen LogP contribution in [-0.2, 0) is 0 Å². The van der Waals surface area contributed by atoms with Gasteiger partial charge in [-0.25, -0.2) is 17.6 Å². The number of aryl methyl sites for hydroxylation is 2. The molecule has 2 nitrogen and oxygen atoms in total. The van der Waals surface area contributed by atoms with Crippen molar-refractivity contribution < 1.29 is 17.6 Å². The minimum absolute atomic E-state index is 0.214. The Bertz CT molecular complexity index is 2870. The van der Waals surface area contributed by atoms with E-state index in [9.17, 15) is 17.6 Å². The van der Waals surface area contributed by atoms with Crippen LogP contribution in [0.5, 0.6) is 0 Å². The fourth-order valence-corrected chi connectivity index (χ4v) is 5.36. The highest BCUT2D eigenvalue weighted by molar-refractivity contribution is 7.78. The van der Waals surface area contributed by atoms with Gasteiger partial charge in [-0.15, -0.1) is 12.8 Å². The van der Waals surface area contributed by atoms with Crippen LogP contribution in [0.2, 0.25) is 0 Å². The Kier molecular flexibility index (Phi) is 17.4. The first-order valence-corrected chi connectivity index (χ1v) is 18.3. The Hall–Kier alpha value is -8.00. The van der Waals surface area contributed by atoms with E-state index in [1.54, 1.807) is 6.92 Å². The summed E-state index contributed by atoms with van der Waals surface area (Å²) in [5.74, 6) is 20.9. The lowest BCUT2D eigenvalue weighted by molar-refractivity contribution is 0.575. The van der Waals surface area contributed by atoms with E-state index in [-0.39, 0.29) is 5.56 Å². The summed E-state index contributed by atoms with van der Waals surface area (Å²) in [6, 6.07) is 35.8. The lowest BCUT2D eigenvalue weighted by atomic mass is 9.99. The fourth-order valence-electron chi connectivity index (χ4n) is 5.16. The van der Waals surface area contributed by atoms with Crippen molar-refractivity contribution in [3.05, 3.63) is 167 Å². The predicted octanol–water partition coefficient (Wildman–Crippen LogP) is 12.7. The van der Waals surface area contributed by atoms with Crippen LogP contribution in [0.3, 0.4) is 0 Å². The normalized spacial score (nSPS) is 8.93. The molecule has 0 aliphatic rings. The monoisotopic (exact) mass is 820 g/mol. The van der Waals surface area contributed by atoms with Gasteiger partial charge in [0, 0.05) is 5.56 Å². The third kappa shape index (κ3) is 13.6. The molecule has 286 valence electrons. The summed E-state index contributed by atoms with van der Waals surface area (Å²) < 4.78 is 55.5. The summed E-state index contributed by atoms with van der Waals surface area (Å²) in [6.07, 6.45) is 9.62. The summed E-state index contributed by atoms with van der Waals surface area (Å²) in [7, 11) is 0. The van der Waals surface area contributed by atoms with E-state index < -0.39 is 29.0 Å². The van der Waals surface area contributed by atoms with Crippen LogP contribution < -0.4 is 0 Å². The number of aliphatic imine (C=N–C) groups is 2. The summed E-state index contributed by atoms with van der Waals surface area (Å²) in [5.41, 5.74) is 7.84. The van der Waals surface area contributed by atoms with Crippen LogP contribution in [0.4, 0.5) is 28.9 Å². The molecule has 0 saturated carbocycles. The second kappa shape index (κ2) is 23.3. The molecule has 0 fully saturated rings. The molecule has 0 heterocycles. The Labute approximate surface area is 358 Å². The third-order valence-corrected chi connectivity index (χ3v) is 8.20. The zero-order valence-corrected chi connectivity index (χ0v) is 33.6. The van der Waals surface area contributed by atoms with Crippen LogP contribution in [0.1, 0.15) is 22.3 Å². The average molecular weight is 821 g/mol. The summed E-state index contributed by atoms with van der Waals surface area (Å²) in [5, 5.41) is 4.31. The Morgan fingerprint density at radius 3 is 1.28 bits per heavy atom. The average Bonchev–Trinajstić information content (AvgIpc) is 3.24. The molecule has 0 saturated heterocycles. The summed E-state index contributed by atoms with van der Waals surface area (Å²) >= 11 is 8.98. The van der Waals surface area contributed by atoms with Crippen molar-refractivity contribution in [1.29, 1.82) is 0 Å². The lowest BCUT2D eigenvalue weighted by Gasteiger charge is -2.07. The molecule has 0 bridgehead atoms. The predicted molar refractivity (Wildman–Crippen MR) is 241 cm³/mol. The van der Waals surface area contributed by atoms with Gasteiger partial charge in [0.25, 0.3) is 0 Å². The molecule has 6 rings (SSSR count). The van der Waals surface area contributed by atoms with E-state index in [0.29, 0.717) is 16.7 Å². The van der Waals surface area contributed by atoms with Crippen molar-refractivity contribution in [2.45, 2.75) is 13.8 Å². The molecule has 6 aromatic carbocycles. The van der Waals surface area contributed by atoms with Crippen LogP contribution in [-0.4, -0.2) is 10.3 Å². The number of halogens is 4. The maximum absolute atomic E-state index is 13.9. The van der Waals surface area contributed by atoms with Gasteiger partial charge >= 0.3 is 0 Å². The number of nitrogens with zero attached hydrogens (tertiary/aromatic N) is 2. The largest absolute Gasteiger partial charge is 0.206 e. The van der Waals surface area contributed by atoms with E-state index >= 15 is 0 Å². The molecule has 0 unspecified atom stereocenters. The van der Waals surface area contributed by atoms with Crippen molar-refractivity contribution in [3.8, 4) is 105 Å². The van der Waals surface area contributed by atoms with E-state index in [4.69, 9.17) is 12.8 Å². The molecule has 0 amide bonds. The highest BCUT2D eigenvalue weighted by atomic mass is 32.1. The topological polar surface area (TPSA) is 24.7 Å². The quantitative estimate of drug-likeness (QED) is 0.0749. The smallest absolute Gasteiger partial charge is 0.153 e. The van der Waals surface area contributed by atoms with Crippen molar-refractivity contribution in [3.63, 3.8) is 0 Å². The molecule has 6 aromatic rings. The maximum Gasteiger partial charge on any atom is 0.153 e. The highest BCUT2D eigenvalue weighted by Crippen LogP contribution is 2.31. The van der Waals surface area contributed by atoms with E-state index in [2.05, 4.69) is 98.8 Å². The Morgan fingerprint density at radius 2 is 0.833 bits per heavy atom. The Morgan fingerprint density at radius 1 is 0.433 bits per heavy atom. The van der Waals surface area contributed by atoms with Gasteiger partial charge in [-0.1, -0.05) is 90.2 Å². The standard InChI is InChI=1S/C22H13F2NS.C20H13F2NS.C10H2/c1-15-12-21(23)20(22(24)13-15)11-4-16-2-5-17(6-3-16)18-7-9-19(10-8-18)25-14-26;1-13-2-4-14(5-3-13)15-6-8-16(9-7-15)17-10-18(21)20(23-12-24)19(22)11-17;1-3-5-7-9-10-8-6-4-2/h2-3,5-10,12-13H,1H3;2-11H,1H3;1-2H. The lowest BCUT2D eigenvalue weighted by Crippen LogP contribution is -1.91. The van der Waals surface area contributed by atoms with Crippen molar-refractivity contribution >= 4 is 46.1 Å². The zero-order valence-electron chi connectivity index (χ0n) is 31.9. The number of benzene rings is 6. The minimum atomic E-state index is -0.759. The number of thiocarbonyl (C=S) groups is 2. The molecule has 60 heavy (non-hydrogen) atoms. The molecule has 0 N–H and O–H groups in total. The summed E-state index contributed by atoms with van der Waals surface area (Å²) in [4.78, 5) is 7.33. The zero-order chi connectivity index (χ0) is 43.3. The first kappa shape index (κ1) is 44.7. The van der Waals surface area contributed by atoms with Gasteiger partial charge in [0.05, 0.1) is 21.6 Å². The van der Waals surface area contributed by atoms with Gasteiger partial charge in [0.2, 0.25) is 0 Å². The van der Waals surface area contributed by atoms with E-state index in [1.165, 1.54) is 29.8 Å². The number of hydrogen-bond acceptors (Lipinski definition) is 4. The maximum atomic E-state index is 13.9. The second-order valence-electron chi connectivity index (χ2n) is 12.2. The van der Waals surface area contributed by atoms with Crippen LogP contribution in [0, 0.1) is 109 Å². The number of rotatable bonds is 5. The molecule has 0 aliphatic carbocycles. The van der Waals surface area contributed by atoms with Crippen LogP contribution in [0.25, 0.3) is 33.4 Å². The van der Waals surface area contributed by atoms with Crippen molar-refractivity contribution in [2.75, 3.05) is 0 Å². The minimum Gasteiger partial charge on any atom is -0.206 e. The molecule has 0 atom stereocenters. The van der Waals surface area contributed by atoms with Crippen LogP contribution >= 0.6 is 24.4 Å². The molecule has 0 spiro atoms. The molecular formula is C52H28F4N2S2. The number of hydrogen-bond donors (Lipinski definition) is 0. The van der Waals surface area contributed by atoms with Gasteiger partial charge < -0.3 is 0 Å². The molecule has 0 aromatic heterocycles. The summed E-state index contributed by atoms with van der Waals surface area (Å²) in [6.45, 7) is 3.67. The van der Waals surface area contributed by atoms with Gasteiger partial charge in [0.1, 0.15) is 17.3 Å². The molecule has 0 aliphatic heterocycles. The number of terminal acetylenes is 2. The molecule has 8 heteroatoms. The van der Waals surface area contributed by atoms with Gasteiger partial charge in [-0.2, -0.15) is 9.98 Å². The first-order valence-electron chi connectivity index (χ1n) is 17.5. The first-order chi connectivity index (χ1) is 29.1. The van der Waals surface area contributed by atoms with Gasteiger partial charge in [-0.05, 0) is 173 Å². The van der Waals surface area contributed by atoms with E-state index in [0.717, 1.165) is 33.5 Å². The van der Waals surface area contributed by atoms with Crippen molar-refractivity contribution in [2.24, 2.45) is 9.98 Å². The molecular weight excluding hydrogens is 793 g/mol. The molecule has 0 radical (unpaired) electrons.